The lowest BCUT2D eigenvalue weighted by atomic mass is 9.75. The second-order valence-electron chi connectivity index (χ2n) is 5.32. The van der Waals surface area contributed by atoms with Gasteiger partial charge in [0.2, 0.25) is 0 Å². The zero-order valence-corrected chi connectivity index (χ0v) is 8.67. The third-order valence-corrected chi connectivity index (χ3v) is 3.13. The minimum Gasteiger partial charge on any atom is -0.365 e. The number of fused-ring (bicyclic) bond motifs is 1. The first kappa shape index (κ1) is 9.20. The summed E-state index contributed by atoms with van der Waals surface area (Å²) in [5.41, 5.74) is -0.176. The van der Waals surface area contributed by atoms with E-state index in [4.69, 9.17) is 4.74 Å². The molecule has 2 saturated carbocycles. The van der Waals surface area contributed by atoms with Crippen LogP contribution in [0.5, 0.6) is 0 Å². The maximum Gasteiger partial charge on any atom is 0.162 e. The van der Waals surface area contributed by atoms with E-state index in [0.717, 1.165) is 6.42 Å². The number of Topliss-reactive ketones (excluding diaryl/α,β-unsaturated/α-hetero) is 1. The number of rotatable bonds is 1. The van der Waals surface area contributed by atoms with Gasteiger partial charge in [0.1, 0.15) is 6.10 Å². The van der Waals surface area contributed by atoms with Crippen molar-refractivity contribution in [1.82, 2.24) is 0 Å². The number of hydrogen-bond acceptors (Lipinski definition) is 2. The molecule has 2 fully saturated rings. The van der Waals surface area contributed by atoms with E-state index < -0.39 is 0 Å². The lowest BCUT2D eigenvalue weighted by molar-refractivity contribution is -0.141. The molecular weight excluding hydrogens is 164 g/mol. The number of hydrogen-bond donors (Lipinski definition) is 0. The van der Waals surface area contributed by atoms with Crippen LogP contribution in [0.2, 0.25) is 0 Å². The first-order valence-corrected chi connectivity index (χ1v) is 5.18. The van der Waals surface area contributed by atoms with Crippen molar-refractivity contribution in [3.05, 3.63) is 0 Å². The van der Waals surface area contributed by atoms with E-state index >= 15 is 0 Å². The molecule has 2 rings (SSSR count). The molecule has 3 atom stereocenters. The van der Waals surface area contributed by atoms with Gasteiger partial charge in [0.25, 0.3) is 0 Å². The Hall–Kier alpha value is -0.370. The fourth-order valence-corrected chi connectivity index (χ4v) is 2.39. The average Bonchev–Trinajstić information content (AvgIpc) is 2.09. The normalized spacial score (nSPS) is 38.7. The number of carbonyl (C=O) groups is 1. The number of carbonyl (C=O) groups excluding carboxylic acids is 1. The molecule has 0 spiro atoms. The van der Waals surface area contributed by atoms with E-state index in [0.29, 0.717) is 17.6 Å². The Morgan fingerprint density at radius 2 is 2.00 bits per heavy atom. The summed E-state index contributed by atoms with van der Waals surface area (Å²) >= 11 is 0. The van der Waals surface area contributed by atoms with Gasteiger partial charge in [-0.1, -0.05) is 0 Å². The molecule has 0 unspecified atom stereocenters. The van der Waals surface area contributed by atoms with E-state index in [1.807, 2.05) is 20.8 Å². The zero-order chi connectivity index (χ0) is 9.64. The Morgan fingerprint density at radius 3 is 2.38 bits per heavy atom. The van der Waals surface area contributed by atoms with E-state index in [-0.39, 0.29) is 11.7 Å². The summed E-state index contributed by atoms with van der Waals surface area (Å²) in [6, 6.07) is 0. The van der Waals surface area contributed by atoms with Crippen LogP contribution in [-0.4, -0.2) is 17.5 Å². The molecule has 0 bridgehead atoms. The summed E-state index contributed by atoms with van der Waals surface area (Å²) < 4.78 is 5.80. The summed E-state index contributed by atoms with van der Waals surface area (Å²) in [5, 5.41) is 0. The summed E-state index contributed by atoms with van der Waals surface area (Å²) in [6.45, 7) is 6.06. The maximum atomic E-state index is 11.6. The first-order chi connectivity index (χ1) is 5.97. The summed E-state index contributed by atoms with van der Waals surface area (Å²) in [6.07, 6.45) is 3.11. The quantitative estimate of drug-likeness (QED) is 0.621. The van der Waals surface area contributed by atoms with E-state index in [1.165, 1.54) is 12.8 Å². The van der Waals surface area contributed by atoms with Gasteiger partial charge in [0.15, 0.2) is 5.78 Å². The van der Waals surface area contributed by atoms with Crippen molar-refractivity contribution in [2.24, 2.45) is 11.8 Å². The summed E-state index contributed by atoms with van der Waals surface area (Å²) in [5.74, 6) is 1.54. The lowest BCUT2D eigenvalue weighted by Crippen LogP contribution is -2.37. The van der Waals surface area contributed by atoms with Crippen molar-refractivity contribution in [2.75, 3.05) is 0 Å². The second kappa shape index (κ2) is 2.81. The van der Waals surface area contributed by atoms with Gasteiger partial charge in [-0.15, -0.1) is 0 Å². The van der Waals surface area contributed by atoms with Crippen LogP contribution in [0.1, 0.15) is 40.0 Å². The fraction of sp³-hybridized carbons (Fsp3) is 0.909. The van der Waals surface area contributed by atoms with Gasteiger partial charge in [0, 0.05) is 6.42 Å². The van der Waals surface area contributed by atoms with Crippen LogP contribution in [0.25, 0.3) is 0 Å². The Labute approximate surface area is 79.7 Å². The van der Waals surface area contributed by atoms with Gasteiger partial charge in [-0.25, -0.2) is 0 Å². The molecule has 0 aliphatic heterocycles. The van der Waals surface area contributed by atoms with Crippen molar-refractivity contribution in [1.29, 1.82) is 0 Å². The van der Waals surface area contributed by atoms with Crippen molar-refractivity contribution >= 4 is 5.78 Å². The predicted molar refractivity (Wildman–Crippen MR) is 50.5 cm³/mol. The van der Waals surface area contributed by atoms with Gasteiger partial charge in [-0.3, -0.25) is 4.79 Å². The summed E-state index contributed by atoms with van der Waals surface area (Å²) in [4.78, 5) is 11.6. The average molecular weight is 182 g/mol. The molecule has 0 saturated heterocycles. The van der Waals surface area contributed by atoms with Crippen molar-refractivity contribution < 1.29 is 9.53 Å². The lowest BCUT2D eigenvalue weighted by Gasteiger charge is -2.35. The predicted octanol–water partition coefficient (Wildman–Crippen LogP) is 2.17. The minimum absolute atomic E-state index is 0.0845. The molecule has 0 radical (unpaired) electrons. The third-order valence-electron chi connectivity index (χ3n) is 3.13. The van der Waals surface area contributed by atoms with E-state index in [1.54, 1.807) is 0 Å². The van der Waals surface area contributed by atoms with Gasteiger partial charge < -0.3 is 4.74 Å². The highest BCUT2D eigenvalue weighted by molar-refractivity contribution is 5.86. The van der Waals surface area contributed by atoms with Crippen LogP contribution < -0.4 is 0 Å². The molecule has 0 N–H and O–H groups in total. The molecule has 0 heterocycles. The highest BCUT2D eigenvalue weighted by Crippen LogP contribution is 2.47. The zero-order valence-electron chi connectivity index (χ0n) is 8.67. The van der Waals surface area contributed by atoms with Crippen LogP contribution in [-0.2, 0) is 9.53 Å². The molecule has 0 amide bonds. The monoisotopic (exact) mass is 182 g/mol. The molecular formula is C11H18O2. The fourth-order valence-electron chi connectivity index (χ4n) is 2.39. The highest BCUT2D eigenvalue weighted by Gasteiger charge is 2.49. The minimum atomic E-state index is -0.176. The van der Waals surface area contributed by atoms with E-state index in [2.05, 4.69) is 0 Å². The topological polar surface area (TPSA) is 26.3 Å². The van der Waals surface area contributed by atoms with E-state index in [9.17, 15) is 4.79 Å². The highest BCUT2D eigenvalue weighted by atomic mass is 16.5. The SMILES string of the molecule is CC(C)(C)O[C@@H]1C(=O)C[C@H]2CC[C@H]21. The van der Waals surface area contributed by atoms with Gasteiger partial charge in [-0.05, 0) is 45.4 Å². The van der Waals surface area contributed by atoms with Gasteiger partial charge in [0.05, 0.1) is 5.60 Å². The first-order valence-electron chi connectivity index (χ1n) is 5.18. The summed E-state index contributed by atoms with van der Waals surface area (Å²) in [7, 11) is 0. The molecule has 0 aromatic heterocycles. The molecule has 2 aliphatic carbocycles. The number of ketones is 1. The van der Waals surface area contributed by atoms with Crippen molar-refractivity contribution in [2.45, 2.75) is 51.7 Å². The molecule has 2 nitrogen and oxygen atoms in total. The molecule has 0 aromatic carbocycles. The van der Waals surface area contributed by atoms with Crippen LogP contribution >= 0.6 is 0 Å². The Bertz CT molecular complexity index is 227. The van der Waals surface area contributed by atoms with Crippen LogP contribution in [0, 0.1) is 11.8 Å². The molecule has 74 valence electrons. The molecule has 2 heteroatoms. The number of ether oxygens (including phenoxy) is 1. The van der Waals surface area contributed by atoms with Crippen LogP contribution in [0.4, 0.5) is 0 Å². The Morgan fingerprint density at radius 1 is 1.31 bits per heavy atom. The second-order valence-corrected chi connectivity index (χ2v) is 5.32. The van der Waals surface area contributed by atoms with Gasteiger partial charge >= 0.3 is 0 Å². The van der Waals surface area contributed by atoms with Crippen LogP contribution in [0.3, 0.4) is 0 Å². The standard InChI is InChI=1S/C11H18O2/c1-11(2,3)13-10-8-5-4-7(8)6-9(10)12/h7-8,10H,4-6H2,1-3H3/t7-,8-,10+/m1/s1. The molecule has 0 aromatic rings. The third kappa shape index (κ3) is 1.64. The Kier molecular flexibility index (Phi) is 1.99. The maximum absolute atomic E-state index is 11.6. The molecule has 13 heavy (non-hydrogen) atoms. The molecule has 2 aliphatic rings. The van der Waals surface area contributed by atoms with Crippen LogP contribution in [0.15, 0.2) is 0 Å². The van der Waals surface area contributed by atoms with Crippen molar-refractivity contribution in [3.63, 3.8) is 0 Å². The largest absolute Gasteiger partial charge is 0.365 e. The van der Waals surface area contributed by atoms with Crippen molar-refractivity contribution in [3.8, 4) is 0 Å². The van der Waals surface area contributed by atoms with Gasteiger partial charge in [-0.2, -0.15) is 0 Å². The smallest absolute Gasteiger partial charge is 0.162 e. The Balaban J connectivity index is 2.02.